The number of carbonyl (C=O) groups excluding carboxylic acids is 1. The van der Waals surface area contributed by atoms with Crippen LogP contribution >= 0.6 is 11.8 Å². The number of nitrogens with zero attached hydrogens (tertiary/aromatic N) is 2. The third-order valence-corrected chi connectivity index (χ3v) is 4.29. The predicted octanol–water partition coefficient (Wildman–Crippen LogP) is 4.23. The highest BCUT2D eigenvalue weighted by molar-refractivity contribution is 7.99. The van der Waals surface area contributed by atoms with E-state index in [1.807, 2.05) is 38.1 Å². The fourth-order valence-corrected chi connectivity index (χ4v) is 2.83. The van der Waals surface area contributed by atoms with Gasteiger partial charge in [-0.1, -0.05) is 11.8 Å². The second-order valence-electron chi connectivity index (χ2n) is 5.50. The van der Waals surface area contributed by atoms with Crippen LogP contribution < -0.4 is 14.2 Å². The smallest absolute Gasteiger partial charge is 0.321 e. The summed E-state index contributed by atoms with van der Waals surface area (Å²) in [5.74, 6) is 1.98. The molecule has 146 valence electrons. The van der Waals surface area contributed by atoms with E-state index in [1.54, 1.807) is 24.3 Å². The van der Waals surface area contributed by atoms with Crippen LogP contribution in [0.5, 0.6) is 17.2 Å². The van der Waals surface area contributed by atoms with Crippen LogP contribution in [-0.2, 0) is 4.79 Å². The van der Waals surface area contributed by atoms with Gasteiger partial charge in [-0.25, -0.2) is 0 Å². The Labute approximate surface area is 167 Å². The first kappa shape index (κ1) is 19.8. The number of benzene rings is 2. The Hall–Kier alpha value is -3.00. The molecule has 0 N–H and O–H groups in total. The topological polar surface area (TPSA) is 83.7 Å². The SMILES string of the molecule is CCOc1ccc(OC(=O)CSc2nnc(-c3ccc(OCC)cc3)o2)cc1. The number of hydrogen-bond donors (Lipinski definition) is 0. The second-order valence-corrected chi connectivity index (χ2v) is 6.42. The number of thioether (sulfide) groups is 1. The first-order valence-corrected chi connectivity index (χ1v) is 9.79. The summed E-state index contributed by atoms with van der Waals surface area (Å²) in [5, 5.41) is 8.26. The van der Waals surface area contributed by atoms with Gasteiger partial charge in [-0.3, -0.25) is 4.79 Å². The minimum absolute atomic E-state index is 0.0537. The standard InChI is InChI=1S/C20H20N2O5S/c1-3-24-15-7-5-14(6-8-15)19-21-22-20(27-19)28-13-18(23)26-17-11-9-16(10-12-17)25-4-2/h5-12H,3-4,13H2,1-2H3. The van der Waals surface area contributed by atoms with Gasteiger partial charge in [0.05, 0.1) is 13.2 Å². The molecule has 0 saturated carbocycles. The van der Waals surface area contributed by atoms with E-state index in [4.69, 9.17) is 18.6 Å². The summed E-state index contributed by atoms with van der Waals surface area (Å²) in [6.07, 6.45) is 0. The molecule has 0 amide bonds. The monoisotopic (exact) mass is 400 g/mol. The fourth-order valence-electron chi connectivity index (χ4n) is 2.30. The summed E-state index contributed by atoms with van der Waals surface area (Å²) in [4.78, 5) is 12.0. The van der Waals surface area contributed by atoms with E-state index in [9.17, 15) is 4.79 Å². The number of hydrogen-bond acceptors (Lipinski definition) is 8. The molecular formula is C20H20N2O5S. The Balaban J connectivity index is 1.51. The maximum Gasteiger partial charge on any atom is 0.321 e. The van der Waals surface area contributed by atoms with Gasteiger partial charge in [0.25, 0.3) is 5.22 Å². The van der Waals surface area contributed by atoms with Crippen molar-refractivity contribution in [2.75, 3.05) is 19.0 Å². The van der Waals surface area contributed by atoms with E-state index in [2.05, 4.69) is 10.2 Å². The van der Waals surface area contributed by atoms with Crippen molar-refractivity contribution < 1.29 is 23.4 Å². The summed E-state index contributed by atoms with van der Waals surface area (Å²) >= 11 is 1.12. The normalized spacial score (nSPS) is 10.5. The van der Waals surface area contributed by atoms with Crippen molar-refractivity contribution >= 4 is 17.7 Å². The van der Waals surface area contributed by atoms with Crippen molar-refractivity contribution in [3.05, 3.63) is 48.5 Å². The van der Waals surface area contributed by atoms with Crippen molar-refractivity contribution in [2.24, 2.45) is 0 Å². The number of ether oxygens (including phenoxy) is 3. The molecule has 0 aliphatic heterocycles. The van der Waals surface area contributed by atoms with Gasteiger partial charge in [-0.2, -0.15) is 0 Å². The maximum atomic E-state index is 12.0. The molecule has 1 heterocycles. The molecule has 2 aromatic carbocycles. The molecule has 0 radical (unpaired) electrons. The zero-order valence-electron chi connectivity index (χ0n) is 15.6. The molecule has 0 saturated heterocycles. The van der Waals surface area contributed by atoms with E-state index in [1.165, 1.54) is 0 Å². The number of carbonyl (C=O) groups is 1. The van der Waals surface area contributed by atoms with Crippen LogP contribution in [0.2, 0.25) is 0 Å². The number of esters is 1. The molecular weight excluding hydrogens is 380 g/mol. The quantitative estimate of drug-likeness (QED) is 0.300. The second kappa shape index (κ2) is 9.80. The summed E-state index contributed by atoms with van der Waals surface area (Å²) in [6, 6.07) is 14.2. The summed E-state index contributed by atoms with van der Waals surface area (Å²) in [7, 11) is 0. The van der Waals surface area contributed by atoms with Crippen LogP contribution in [0.3, 0.4) is 0 Å². The summed E-state index contributed by atoms with van der Waals surface area (Å²) < 4.78 is 21.6. The van der Waals surface area contributed by atoms with Crippen LogP contribution in [0.4, 0.5) is 0 Å². The molecule has 0 aliphatic rings. The lowest BCUT2D eigenvalue weighted by Crippen LogP contribution is -2.10. The highest BCUT2D eigenvalue weighted by Crippen LogP contribution is 2.25. The molecule has 28 heavy (non-hydrogen) atoms. The molecule has 1 aromatic heterocycles. The zero-order valence-corrected chi connectivity index (χ0v) is 16.4. The van der Waals surface area contributed by atoms with Gasteiger partial charge in [0.2, 0.25) is 5.89 Å². The van der Waals surface area contributed by atoms with Crippen molar-refractivity contribution in [1.29, 1.82) is 0 Å². The average molecular weight is 400 g/mol. The highest BCUT2D eigenvalue weighted by Gasteiger charge is 2.13. The molecule has 7 nitrogen and oxygen atoms in total. The third kappa shape index (κ3) is 5.50. The van der Waals surface area contributed by atoms with Crippen LogP contribution in [0, 0.1) is 0 Å². The molecule has 0 unspecified atom stereocenters. The minimum atomic E-state index is -0.407. The van der Waals surface area contributed by atoms with Gasteiger partial charge in [-0.15, -0.1) is 10.2 Å². The summed E-state index contributed by atoms with van der Waals surface area (Å²) in [6.45, 7) is 5.02. The lowest BCUT2D eigenvalue weighted by Gasteiger charge is -2.05. The first-order chi connectivity index (χ1) is 13.7. The number of rotatable bonds is 9. The van der Waals surface area contributed by atoms with Crippen molar-refractivity contribution in [3.63, 3.8) is 0 Å². The van der Waals surface area contributed by atoms with Crippen LogP contribution in [0.25, 0.3) is 11.5 Å². The minimum Gasteiger partial charge on any atom is -0.494 e. The number of aromatic nitrogens is 2. The van der Waals surface area contributed by atoms with Crippen LogP contribution in [-0.4, -0.2) is 35.1 Å². The Morgan fingerprint density at radius 1 is 0.893 bits per heavy atom. The van der Waals surface area contributed by atoms with Gasteiger partial charge in [0, 0.05) is 5.56 Å². The van der Waals surface area contributed by atoms with Crippen LogP contribution in [0.15, 0.2) is 58.2 Å². The van der Waals surface area contributed by atoms with Gasteiger partial charge in [0.15, 0.2) is 0 Å². The lowest BCUT2D eigenvalue weighted by molar-refractivity contribution is -0.131. The van der Waals surface area contributed by atoms with E-state index < -0.39 is 5.97 Å². The predicted molar refractivity (Wildman–Crippen MR) is 105 cm³/mol. The van der Waals surface area contributed by atoms with E-state index in [0.717, 1.165) is 28.8 Å². The highest BCUT2D eigenvalue weighted by atomic mass is 32.2. The average Bonchev–Trinajstić information content (AvgIpc) is 3.18. The van der Waals surface area contributed by atoms with Crippen molar-refractivity contribution in [2.45, 2.75) is 19.1 Å². The molecule has 0 fully saturated rings. The molecule has 3 aromatic rings. The Morgan fingerprint density at radius 3 is 2.07 bits per heavy atom. The van der Waals surface area contributed by atoms with Gasteiger partial charge < -0.3 is 18.6 Å². The van der Waals surface area contributed by atoms with Gasteiger partial charge >= 0.3 is 5.97 Å². The Bertz CT molecular complexity index is 894. The molecule has 3 rings (SSSR count). The molecule has 8 heteroatoms. The van der Waals surface area contributed by atoms with E-state index in [0.29, 0.717) is 30.1 Å². The zero-order chi connectivity index (χ0) is 19.8. The van der Waals surface area contributed by atoms with Crippen LogP contribution in [0.1, 0.15) is 13.8 Å². The van der Waals surface area contributed by atoms with E-state index >= 15 is 0 Å². The Morgan fingerprint density at radius 2 is 1.46 bits per heavy atom. The third-order valence-electron chi connectivity index (χ3n) is 3.50. The van der Waals surface area contributed by atoms with Crippen molar-refractivity contribution in [3.8, 4) is 28.7 Å². The molecule has 0 spiro atoms. The van der Waals surface area contributed by atoms with E-state index in [-0.39, 0.29) is 5.75 Å². The molecule has 0 bridgehead atoms. The molecule has 0 atom stereocenters. The van der Waals surface area contributed by atoms with Gasteiger partial charge in [0.1, 0.15) is 23.0 Å². The van der Waals surface area contributed by atoms with Crippen molar-refractivity contribution in [1.82, 2.24) is 10.2 Å². The maximum absolute atomic E-state index is 12.0. The lowest BCUT2D eigenvalue weighted by atomic mass is 10.2. The first-order valence-electron chi connectivity index (χ1n) is 8.81. The molecule has 0 aliphatic carbocycles. The fraction of sp³-hybridized carbons (Fsp3) is 0.250. The van der Waals surface area contributed by atoms with Gasteiger partial charge in [-0.05, 0) is 62.4 Å². The summed E-state index contributed by atoms with van der Waals surface area (Å²) in [5.41, 5.74) is 0.778. The largest absolute Gasteiger partial charge is 0.494 e. The Kier molecular flexibility index (Phi) is 6.91.